The summed E-state index contributed by atoms with van der Waals surface area (Å²) in [4.78, 5) is 12.7. The molecule has 0 aromatic heterocycles. The van der Waals surface area contributed by atoms with Crippen molar-refractivity contribution in [1.82, 2.24) is 5.32 Å². The Balaban J connectivity index is 1.76. The second-order valence-corrected chi connectivity index (χ2v) is 7.70. The summed E-state index contributed by atoms with van der Waals surface area (Å²) in [6.07, 6.45) is 1.54. The van der Waals surface area contributed by atoms with E-state index in [0.717, 1.165) is 11.1 Å². The van der Waals surface area contributed by atoms with Gasteiger partial charge in [0.1, 0.15) is 18.2 Å². The van der Waals surface area contributed by atoms with Gasteiger partial charge in [0.25, 0.3) is 5.91 Å². The molecule has 6 heteroatoms. The summed E-state index contributed by atoms with van der Waals surface area (Å²) in [5.41, 5.74) is 2.48. The fourth-order valence-electron chi connectivity index (χ4n) is 3.19. The number of nitrogens with zero attached hydrogens (tertiary/aromatic N) is 1. The summed E-state index contributed by atoms with van der Waals surface area (Å²) in [6, 6.07) is 24.1. The second kappa shape index (κ2) is 11.8. The Labute approximate surface area is 199 Å². The quantitative estimate of drug-likeness (QED) is 0.309. The molecule has 5 nitrogen and oxygen atoms in total. The molecule has 0 saturated carbocycles. The van der Waals surface area contributed by atoms with Crippen molar-refractivity contribution in [3.8, 4) is 17.6 Å². The fourth-order valence-corrected chi connectivity index (χ4v) is 3.38. The van der Waals surface area contributed by atoms with Crippen LogP contribution in [0.15, 0.2) is 78.4 Å². The van der Waals surface area contributed by atoms with Gasteiger partial charge in [-0.3, -0.25) is 4.79 Å². The van der Waals surface area contributed by atoms with E-state index in [-0.39, 0.29) is 18.2 Å². The number of carbonyl (C=O) groups excluding carboxylic acids is 1. The highest BCUT2D eigenvalue weighted by molar-refractivity contribution is 6.31. The first kappa shape index (κ1) is 23.9. The van der Waals surface area contributed by atoms with Crippen LogP contribution in [0.25, 0.3) is 6.08 Å². The molecule has 0 heterocycles. The molecular formula is C27H25ClN2O3. The van der Waals surface area contributed by atoms with E-state index in [9.17, 15) is 10.1 Å². The zero-order valence-corrected chi connectivity index (χ0v) is 19.3. The van der Waals surface area contributed by atoms with Gasteiger partial charge in [0.15, 0.2) is 11.5 Å². The third-order valence-electron chi connectivity index (χ3n) is 4.93. The average molecular weight is 461 g/mol. The van der Waals surface area contributed by atoms with E-state index < -0.39 is 5.91 Å². The van der Waals surface area contributed by atoms with Crippen LogP contribution >= 0.6 is 11.6 Å². The van der Waals surface area contributed by atoms with Crippen LogP contribution in [0, 0.1) is 11.3 Å². The fraction of sp³-hybridized carbons (Fsp3) is 0.185. The minimum Gasteiger partial charge on any atom is -0.490 e. The summed E-state index contributed by atoms with van der Waals surface area (Å²) in [6.45, 7) is 4.48. The molecule has 3 aromatic carbocycles. The Hall–Kier alpha value is -3.75. The van der Waals surface area contributed by atoms with Crippen LogP contribution in [-0.2, 0) is 11.4 Å². The maximum Gasteiger partial charge on any atom is 0.262 e. The molecule has 3 aromatic rings. The van der Waals surface area contributed by atoms with Gasteiger partial charge in [-0.1, -0.05) is 66.2 Å². The molecule has 168 valence electrons. The zero-order chi connectivity index (χ0) is 23.6. The molecule has 33 heavy (non-hydrogen) atoms. The van der Waals surface area contributed by atoms with Crippen LogP contribution in [0.2, 0.25) is 5.02 Å². The lowest BCUT2D eigenvalue weighted by molar-refractivity contribution is -0.117. The maximum absolute atomic E-state index is 12.7. The first-order valence-electron chi connectivity index (χ1n) is 10.6. The van der Waals surface area contributed by atoms with Crippen LogP contribution in [0.5, 0.6) is 11.5 Å². The number of nitriles is 1. The molecule has 0 aliphatic carbocycles. The number of benzene rings is 3. The molecule has 0 aliphatic rings. The number of ether oxygens (including phenoxy) is 2. The summed E-state index contributed by atoms with van der Waals surface area (Å²) < 4.78 is 11.6. The first-order chi connectivity index (χ1) is 16.0. The van der Waals surface area contributed by atoms with Crippen molar-refractivity contribution in [3.63, 3.8) is 0 Å². The molecule has 3 rings (SSSR count). The first-order valence-corrected chi connectivity index (χ1v) is 11.0. The molecular weight excluding hydrogens is 436 g/mol. The van der Waals surface area contributed by atoms with E-state index in [4.69, 9.17) is 21.1 Å². The average Bonchev–Trinajstić information content (AvgIpc) is 2.83. The second-order valence-electron chi connectivity index (χ2n) is 7.29. The molecule has 0 unspecified atom stereocenters. The Kier molecular flexibility index (Phi) is 8.51. The highest BCUT2D eigenvalue weighted by Gasteiger charge is 2.15. The van der Waals surface area contributed by atoms with Gasteiger partial charge in [0.05, 0.1) is 12.6 Å². The molecule has 1 atom stereocenters. The van der Waals surface area contributed by atoms with E-state index >= 15 is 0 Å². The lowest BCUT2D eigenvalue weighted by atomic mass is 10.1. The highest BCUT2D eigenvalue weighted by Crippen LogP contribution is 2.31. The monoisotopic (exact) mass is 460 g/mol. The predicted octanol–water partition coefficient (Wildman–Crippen LogP) is 6.10. The van der Waals surface area contributed by atoms with Gasteiger partial charge in [-0.05, 0) is 49.2 Å². The Bertz CT molecular complexity index is 1170. The summed E-state index contributed by atoms with van der Waals surface area (Å²) in [5, 5.41) is 13.1. The van der Waals surface area contributed by atoms with Crippen LogP contribution in [0.1, 0.15) is 36.6 Å². The SMILES string of the molecule is CCOc1cc(/C=C(\C#N)C(=O)N[C@@H](C)c2ccccc2)ccc1OCc1ccccc1Cl. The summed E-state index contributed by atoms with van der Waals surface area (Å²) in [7, 11) is 0. The van der Waals surface area contributed by atoms with Crippen LogP contribution < -0.4 is 14.8 Å². The van der Waals surface area contributed by atoms with E-state index in [0.29, 0.717) is 28.7 Å². The topological polar surface area (TPSA) is 71.3 Å². The van der Waals surface area contributed by atoms with Gasteiger partial charge in [-0.15, -0.1) is 0 Å². The zero-order valence-electron chi connectivity index (χ0n) is 18.5. The van der Waals surface area contributed by atoms with Crippen LogP contribution in [0.3, 0.4) is 0 Å². The molecule has 0 aliphatic heterocycles. The van der Waals surface area contributed by atoms with Gasteiger partial charge < -0.3 is 14.8 Å². The number of halogens is 1. The number of rotatable bonds is 9. The van der Waals surface area contributed by atoms with Crippen molar-refractivity contribution in [3.05, 3.63) is 100 Å². The van der Waals surface area contributed by atoms with Crippen molar-refractivity contribution in [2.24, 2.45) is 0 Å². The summed E-state index contributed by atoms with van der Waals surface area (Å²) >= 11 is 6.21. The predicted molar refractivity (Wildman–Crippen MR) is 130 cm³/mol. The normalized spacial score (nSPS) is 11.9. The third kappa shape index (κ3) is 6.61. The van der Waals surface area contributed by atoms with Crippen molar-refractivity contribution >= 4 is 23.6 Å². The van der Waals surface area contributed by atoms with Gasteiger partial charge >= 0.3 is 0 Å². The van der Waals surface area contributed by atoms with E-state index in [2.05, 4.69) is 5.32 Å². The molecule has 0 spiro atoms. The number of amides is 1. The molecule has 1 amide bonds. The molecule has 0 fully saturated rings. The minimum absolute atomic E-state index is 0.00460. The van der Waals surface area contributed by atoms with Crippen LogP contribution in [-0.4, -0.2) is 12.5 Å². The van der Waals surface area contributed by atoms with Crippen molar-refractivity contribution in [2.45, 2.75) is 26.5 Å². The van der Waals surface area contributed by atoms with Crippen molar-refractivity contribution < 1.29 is 14.3 Å². The number of nitrogens with one attached hydrogen (secondary N) is 1. The van der Waals surface area contributed by atoms with E-state index in [1.807, 2.05) is 74.5 Å². The lowest BCUT2D eigenvalue weighted by Crippen LogP contribution is -2.27. The smallest absolute Gasteiger partial charge is 0.262 e. The van der Waals surface area contributed by atoms with E-state index in [1.54, 1.807) is 18.2 Å². The Morgan fingerprint density at radius 2 is 1.79 bits per heavy atom. The largest absolute Gasteiger partial charge is 0.490 e. The van der Waals surface area contributed by atoms with Gasteiger partial charge in [-0.25, -0.2) is 0 Å². The lowest BCUT2D eigenvalue weighted by Gasteiger charge is -2.14. The standard InChI is InChI=1S/C27H25ClN2O3/c1-3-32-26-16-20(13-14-25(26)33-18-22-11-7-8-12-24(22)28)15-23(17-29)27(31)30-19(2)21-9-5-4-6-10-21/h4-16,19H,3,18H2,1-2H3,(H,30,31)/b23-15+/t19-/m0/s1. The van der Waals surface area contributed by atoms with Crippen LogP contribution in [0.4, 0.5) is 0 Å². The minimum atomic E-state index is -0.439. The number of hydrogen-bond acceptors (Lipinski definition) is 4. The summed E-state index contributed by atoms with van der Waals surface area (Å²) in [5.74, 6) is 0.633. The van der Waals surface area contributed by atoms with E-state index in [1.165, 1.54) is 6.08 Å². The molecule has 0 radical (unpaired) electrons. The van der Waals surface area contributed by atoms with Gasteiger partial charge in [-0.2, -0.15) is 5.26 Å². The third-order valence-corrected chi connectivity index (χ3v) is 5.30. The van der Waals surface area contributed by atoms with Crippen molar-refractivity contribution in [2.75, 3.05) is 6.61 Å². The van der Waals surface area contributed by atoms with Crippen molar-refractivity contribution in [1.29, 1.82) is 5.26 Å². The number of hydrogen-bond donors (Lipinski definition) is 1. The highest BCUT2D eigenvalue weighted by atomic mass is 35.5. The van der Waals surface area contributed by atoms with Gasteiger partial charge in [0, 0.05) is 10.6 Å². The number of carbonyl (C=O) groups is 1. The Morgan fingerprint density at radius 3 is 2.48 bits per heavy atom. The maximum atomic E-state index is 12.7. The van der Waals surface area contributed by atoms with Gasteiger partial charge in [0.2, 0.25) is 0 Å². The molecule has 0 saturated heterocycles. The Morgan fingerprint density at radius 1 is 1.06 bits per heavy atom. The molecule has 1 N–H and O–H groups in total. The molecule has 0 bridgehead atoms.